The number of phenolic OH excluding ortho intramolecular Hbond substituents is 4. The van der Waals surface area contributed by atoms with Crippen LogP contribution in [0.3, 0.4) is 0 Å². The van der Waals surface area contributed by atoms with E-state index in [2.05, 4.69) is 0 Å². The number of aryl methyl sites for hydroxylation is 1. The zero-order valence-corrected chi connectivity index (χ0v) is 22.2. The molecule has 0 saturated carbocycles. The predicted octanol–water partition coefficient (Wildman–Crippen LogP) is 7.98. The number of halogens is 8. The molecule has 4 nitrogen and oxygen atoms in total. The molecule has 5 aromatic rings. The van der Waals surface area contributed by atoms with Gasteiger partial charge in [0.15, 0.2) is 69.5 Å². The first-order valence-corrected chi connectivity index (χ1v) is 12.5. The van der Waals surface area contributed by atoms with Crippen molar-refractivity contribution in [2.75, 3.05) is 0 Å². The minimum absolute atomic E-state index is 0.209. The third-order valence-electron chi connectivity index (χ3n) is 7.26. The summed E-state index contributed by atoms with van der Waals surface area (Å²) >= 11 is 0. The summed E-state index contributed by atoms with van der Waals surface area (Å²) in [5, 5.41) is 39.2. The number of aromatic hydroxyl groups is 4. The minimum Gasteiger partial charge on any atom is -0.503 e. The summed E-state index contributed by atoms with van der Waals surface area (Å²) in [5.74, 6) is -18.3. The van der Waals surface area contributed by atoms with Crippen LogP contribution >= 0.6 is 0 Å². The van der Waals surface area contributed by atoms with Crippen LogP contribution in [0.25, 0.3) is 11.1 Å². The van der Waals surface area contributed by atoms with Gasteiger partial charge in [-0.3, -0.25) is 0 Å². The van der Waals surface area contributed by atoms with E-state index in [4.69, 9.17) is 0 Å². The minimum atomic E-state index is -2.62. The molecule has 0 atom stereocenters. The fourth-order valence-electron chi connectivity index (χ4n) is 5.26. The fraction of sp³-hybridized carbons (Fsp3) is 0.0625. The number of rotatable bonds is 5. The fourth-order valence-corrected chi connectivity index (χ4v) is 5.26. The van der Waals surface area contributed by atoms with Gasteiger partial charge in [-0.1, -0.05) is 23.8 Å². The number of hydrogen-bond acceptors (Lipinski definition) is 4. The first-order valence-electron chi connectivity index (χ1n) is 12.5. The molecule has 0 unspecified atom stereocenters. The Bertz CT molecular complexity index is 1740. The first kappa shape index (κ1) is 30.2. The number of benzene rings is 5. The third-order valence-corrected chi connectivity index (χ3v) is 7.26. The van der Waals surface area contributed by atoms with Crippen molar-refractivity contribution in [2.45, 2.75) is 12.3 Å². The molecule has 0 fully saturated rings. The molecule has 4 N–H and O–H groups in total. The molecule has 0 heterocycles. The molecule has 0 aliphatic heterocycles. The highest BCUT2D eigenvalue weighted by molar-refractivity contribution is 5.76. The molecule has 0 saturated heterocycles. The molecule has 5 aromatic carbocycles. The van der Waals surface area contributed by atoms with Crippen LogP contribution in [0.2, 0.25) is 0 Å². The van der Waals surface area contributed by atoms with Gasteiger partial charge >= 0.3 is 0 Å². The molecule has 12 heteroatoms. The van der Waals surface area contributed by atoms with E-state index in [0.29, 0.717) is 54.1 Å². The maximum atomic E-state index is 15.0. The van der Waals surface area contributed by atoms with Gasteiger partial charge in [0, 0.05) is 0 Å². The quantitative estimate of drug-likeness (QED) is 0.119. The van der Waals surface area contributed by atoms with Gasteiger partial charge in [-0.05, 0) is 88.8 Å². The van der Waals surface area contributed by atoms with Gasteiger partial charge in [-0.15, -0.1) is 0 Å². The monoisotopic (exact) mass is 618 g/mol. The number of hydrogen-bond donors (Lipinski definition) is 4. The SMILES string of the molecule is Cc1ccc(C(c2cc(F)c(O)c(F)c2)(c2cc(F)c(O)c(F)c2)c2cc(F)c(O)c(F)c2)c(-c2cc(F)c(O)c(F)c2)c1. The molecule has 0 aliphatic carbocycles. The van der Waals surface area contributed by atoms with Crippen molar-refractivity contribution in [3.63, 3.8) is 0 Å². The topological polar surface area (TPSA) is 80.9 Å². The second kappa shape index (κ2) is 10.8. The summed E-state index contributed by atoms with van der Waals surface area (Å²) in [6.45, 7) is 1.53. The molecule has 0 spiro atoms. The van der Waals surface area contributed by atoms with Crippen molar-refractivity contribution >= 4 is 0 Å². The third kappa shape index (κ3) is 4.72. The Balaban J connectivity index is 2.10. The maximum Gasteiger partial charge on any atom is 0.187 e. The van der Waals surface area contributed by atoms with E-state index in [1.165, 1.54) is 25.1 Å². The van der Waals surface area contributed by atoms with Crippen LogP contribution in [-0.2, 0) is 5.41 Å². The Hall–Kier alpha value is -5.26. The maximum absolute atomic E-state index is 15.0. The lowest BCUT2D eigenvalue weighted by molar-refractivity contribution is 0.390. The lowest BCUT2D eigenvalue weighted by Crippen LogP contribution is -2.33. The van der Waals surface area contributed by atoms with Crippen LogP contribution in [-0.4, -0.2) is 20.4 Å². The standard InChI is InChI=1S/C32H18F8O4/c1-13-2-3-19(18(4-13)14-5-20(33)28(41)21(34)6-14)32(15-7-22(35)29(42)23(36)8-15,16-9-24(37)30(43)25(38)10-16)17-11-26(39)31(44)27(40)12-17/h2-12,41-44H,1H3. The molecule has 0 radical (unpaired) electrons. The van der Waals surface area contributed by atoms with Gasteiger partial charge in [0.2, 0.25) is 0 Å². The molecule has 0 aliphatic rings. The van der Waals surface area contributed by atoms with Crippen molar-refractivity contribution in [2.24, 2.45) is 0 Å². The molecule has 0 amide bonds. The summed E-state index contributed by atoms with van der Waals surface area (Å²) in [6, 6.07) is 8.24. The van der Waals surface area contributed by atoms with E-state index in [1.54, 1.807) is 0 Å². The Morgan fingerprint density at radius 2 is 0.727 bits per heavy atom. The van der Waals surface area contributed by atoms with Gasteiger partial charge < -0.3 is 20.4 Å². The predicted molar refractivity (Wildman–Crippen MR) is 141 cm³/mol. The molecule has 44 heavy (non-hydrogen) atoms. The summed E-state index contributed by atoms with van der Waals surface area (Å²) in [4.78, 5) is 0. The van der Waals surface area contributed by atoms with Crippen LogP contribution < -0.4 is 0 Å². The van der Waals surface area contributed by atoms with Gasteiger partial charge in [0.1, 0.15) is 0 Å². The Morgan fingerprint density at radius 3 is 1.05 bits per heavy atom. The second-order valence-electron chi connectivity index (χ2n) is 9.95. The highest BCUT2D eigenvalue weighted by atomic mass is 19.2. The van der Waals surface area contributed by atoms with Gasteiger partial charge in [0.25, 0.3) is 0 Å². The largest absolute Gasteiger partial charge is 0.503 e. The van der Waals surface area contributed by atoms with Crippen LogP contribution in [0, 0.1) is 53.5 Å². The molecular weight excluding hydrogens is 600 g/mol. The van der Waals surface area contributed by atoms with Crippen LogP contribution in [0.15, 0.2) is 66.7 Å². The number of phenols is 4. The van der Waals surface area contributed by atoms with E-state index >= 15 is 26.3 Å². The van der Waals surface area contributed by atoms with Gasteiger partial charge in [-0.2, -0.15) is 0 Å². The summed E-state index contributed by atoms with van der Waals surface area (Å²) in [7, 11) is 0. The van der Waals surface area contributed by atoms with Gasteiger partial charge in [0.05, 0.1) is 5.41 Å². The first-order chi connectivity index (χ1) is 20.7. The van der Waals surface area contributed by atoms with E-state index in [-0.39, 0.29) is 16.7 Å². The summed E-state index contributed by atoms with van der Waals surface area (Å²) < 4.78 is 119. The Morgan fingerprint density at radius 1 is 0.432 bits per heavy atom. The molecule has 226 valence electrons. The molecular formula is C32H18F8O4. The smallest absolute Gasteiger partial charge is 0.187 e. The normalized spacial score (nSPS) is 11.7. The zero-order chi connectivity index (χ0) is 32.2. The Labute approximate surface area is 243 Å². The van der Waals surface area contributed by atoms with Crippen molar-refractivity contribution in [1.29, 1.82) is 0 Å². The Kier molecular flexibility index (Phi) is 7.40. The van der Waals surface area contributed by atoms with Gasteiger partial charge in [-0.25, -0.2) is 35.1 Å². The summed E-state index contributed by atoms with van der Waals surface area (Å²) in [6.07, 6.45) is 0. The molecule has 5 rings (SSSR count). The van der Waals surface area contributed by atoms with Crippen molar-refractivity contribution in [3.8, 4) is 34.1 Å². The summed E-state index contributed by atoms with van der Waals surface area (Å²) in [5.41, 5.74) is -5.03. The van der Waals surface area contributed by atoms with E-state index < -0.39 is 91.6 Å². The van der Waals surface area contributed by atoms with E-state index in [1.807, 2.05) is 0 Å². The average molecular weight is 618 g/mol. The van der Waals surface area contributed by atoms with Crippen molar-refractivity contribution < 1.29 is 55.5 Å². The van der Waals surface area contributed by atoms with E-state index in [0.717, 1.165) is 0 Å². The molecule has 0 aromatic heterocycles. The van der Waals surface area contributed by atoms with Crippen LogP contribution in [0.1, 0.15) is 27.8 Å². The highest BCUT2D eigenvalue weighted by Crippen LogP contribution is 2.51. The average Bonchev–Trinajstić information content (AvgIpc) is 2.96. The van der Waals surface area contributed by atoms with Crippen molar-refractivity contribution in [3.05, 3.63) is 141 Å². The van der Waals surface area contributed by atoms with E-state index in [9.17, 15) is 29.2 Å². The van der Waals surface area contributed by atoms with Crippen molar-refractivity contribution in [1.82, 2.24) is 0 Å². The van der Waals surface area contributed by atoms with Crippen LogP contribution in [0.4, 0.5) is 35.1 Å². The van der Waals surface area contributed by atoms with Crippen LogP contribution in [0.5, 0.6) is 23.0 Å². The zero-order valence-electron chi connectivity index (χ0n) is 22.2. The highest BCUT2D eigenvalue weighted by Gasteiger charge is 2.43. The second-order valence-corrected chi connectivity index (χ2v) is 9.95. The molecule has 0 bridgehead atoms. The lowest BCUT2D eigenvalue weighted by atomic mass is 9.63. The lowest BCUT2D eigenvalue weighted by Gasteiger charge is -2.38.